The van der Waals surface area contributed by atoms with Gasteiger partial charge < -0.3 is 20.6 Å². The maximum atomic E-state index is 11.3. The normalized spacial score (nSPS) is 22.1. The van der Waals surface area contributed by atoms with E-state index < -0.39 is 0 Å². The van der Waals surface area contributed by atoms with Crippen LogP contribution in [0.2, 0.25) is 0 Å². The number of aromatic nitrogens is 2. The summed E-state index contributed by atoms with van der Waals surface area (Å²) in [6.07, 6.45) is 5.02. The molecule has 1 aliphatic carbocycles. The molecule has 1 aromatic carbocycles. The number of fused-ring (bicyclic) bond motifs is 1. The van der Waals surface area contributed by atoms with Crippen LogP contribution in [-0.2, 0) is 0 Å². The van der Waals surface area contributed by atoms with Gasteiger partial charge in [0, 0.05) is 11.7 Å². The quantitative estimate of drug-likeness (QED) is 0.644. The van der Waals surface area contributed by atoms with Crippen LogP contribution in [0.15, 0.2) is 23.0 Å². The van der Waals surface area contributed by atoms with Crippen LogP contribution < -0.4 is 16.3 Å². The summed E-state index contributed by atoms with van der Waals surface area (Å²) in [6.45, 7) is 2.27. The lowest BCUT2D eigenvalue weighted by atomic mass is 9.86. The van der Waals surface area contributed by atoms with Gasteiger partial charge >= 0.3 is 5.69 Å². The van der Waals surface area contributed by atoms with Crippen molar-refractivity contribution in [2.45, 2.75) is 38.6 Å². The summed E-state index contributed by atoms with van der Waals surface area (Å²) in [5.41, 5.74) is 2.25. The van der Waals surface area contributed by atoms with Crippen LogP contribution in [0.5, 0.6) is 0 Å². The van der Waals surface area contributed by atoms with Crippen molar-refractivity contribution in [1.82, 2.24) is 15.3 Å². The number of hydrogen-bond donors (Lipinski definition) is 4. The molecule has 0 radical (unpaired) electrons. The predicted molar refractivity (Wildman–Crippen MR) is 89.7 cm³/mol. The van der Waals surface area contributed by atoms with Crippen molar-refractivity contribution < 1.29 is 0 Å². The van der Waals surface area contributed by atoms with Gasteiger partial charge in [-0.25, -0.2) is 4.79 Å². The molecule has 0 unspecified atom stereocenters. The molecular formula is C15H20N4OS. The molecule has 0 saturated heterocycles. The molecule has 2 aromatic rings. The second kappa shape index (κ2) is 5.89. The zero-order valence-electron chi connectivity index (χ0n) is 12.0. The number of benzene rings is 1. The molecule has 0 bridgehead atoms. The molecular weight excluding hydrogens is 284 g/mol. The summed E-state index contributed by atoms with van der Waals surface area (Å²) < 4.78 is 0. The Hall–Kier alpha value is -1.82. The maximum absolute atomic E-state index is 11.3. The van der Waals surface area contributed by atoms with Gasteiger partial charge in [-0.2, -0.15) is 0 Å². The summed E-state index contributed by atoms with van der Waals surface area (Å²) in [5.74, 6) is 0.655. The highest BCUT2D eigenvalue weighted by Crippen LogP contribution is 2.24. The van der Waals surface area contributed by atoms with E-state index in [4.69, 9.17) is 12.2 Å². The summed E-state index contributed by atoms with van der Waals surface area (Å²) in [4.78, 5) is 16.7. The highest BCUT2D eigenvalue weighted by atomic mass is 32.1. The zero-order chi connectivity index (χ0) is 14.8. The Kier molecular flexibility index (Phi) is 3.96. The monoisotopic (exact) mass is 304 g/mol. The van der Waals surface area contributed by atoms with Gasteiger partial charge in [-0.05, 0) is 49.2 Å². The van der Waals surface area contributed by atoms with Crippen molar-refractivity contribution in [2.24, 2.45) is 5.92 Å². The minimum absolute atomic E-state index is 0.195. The fourth-order valence-corrected chi connectivity index (χ4v) is 3.25. The van der Waals surface area contributed by atoms with Gasteiger partial charge in [0.25, 0.3) is 0 Å². The Balaban J connectivity index is 1.66. The smallest absolute Gasteiger partial charge is 0.323 e. The van der Waals surface area contributed by atoms with Crippen LogP contribution in [0, 0.1) is 5.92 Å². The fraction of sp³-hybridized carbons (Fsp3) is 0.467. The van der Waals surface area contributed by atoms with Crippen LogP contribution >= 0.6 is 12.2 Å². The predicted octanol–water partition coefficient (Wildman–Crippen LogP) is 2.72. The number of aromatic amines is 2. The fourth-order valence-electron chi connectivity index (χ4n) is 2.98. The van der Waals surface area contributed by atoms with Crippen LogP contribution in [0.4, 0.5) is 5.69 Å². The van der Waals surface area contributed by atoms with Crippen LogP contribution in [0.3, 0.4) is 0 Å². The summed E-state index contributed by atoms with van der Waals surface area (Å²) in [6, 6.07) is 6.10. The lowest BCUT2D eigenvalue weighted by Gasteiger charge is -2.30. The number of imidazole rings is 1. The molecule has 6 heteroatoms. The SMILES string of the molecule is C[C@@H]1CCCC[C@@H]1NC(=S)Nc1ccc2[nH]c(=O)[nH]c2c1. The van der Waals surface area contributed by atoms with E-state index in [1.54, 1.807) is 0 Å². The van der Waals surface area contributed by atoms with Crippen LogP contribution in [0.25, 0.3) is 11.0 Å². The molecule has 21 heavy (non-hydrogen) atoms. The second-order valence-corrected chi connectivity index (χ2v) is 6.21. The van der Waals surface area contributed by atoms with Crippen molar-refractivity contribution in [3.8, 4) is 0 Å². The zero-order valence-corrected chi connectivity index (χ0v) is 12.8. The van der Waals surface area contributed by atoms with Gasteiger partial charge in [0.1, 0.15) is 0 Å². The Morgan fingerprint density at radius 2 is 2.00 bits per heavy atom. The Bertz CT molecular complexity index is 705. The highest BCUT2D eigenvalue weighted by molar-refractivity contribution is 7.80. The third-order valence-corrected chi connectivity index (χ3v) is 4.42. The topological polar surface area (TPSA) is 72.7 Å². The van der Waals surface area contributed by atoms with E-state index in [9.17, 15) is 4.79 Å². The molecule has 4 N–H and O–H groups in total. The van der Waals surface area contributed by atoms with E-state index in [0.717, 1.165) is 16.7 Å². The van der Waals surface area contributed by atoms with Crippen molar-refractivity contribution >= 4 is 34.1 Å². The second-order valence-electron chi connectivity index (χ2n) is 5.81. The number of anilines is 1. The Labute approximate surface area is 128 Å². The molecule has 2 atom stereocenters. The third kappa shape index (κ3) is 3.26. The first-order chi connectivity index (χ1) is 10.1. The van der Waals surface area contributed by atoms with Gasteiger partial charge in [0.05, 0.1) is 11.0 Å². The average molecular weight is 304 g/mol. The standard InChI is InChI=1S/C15H20N4OS/c1-9-4-2-3-5-11(9)19-15(21)16-10-6-7-12-13(8-10)18-14(20)17-12/h6-9,11H,2-5H2,1H3,(H2,16,19,21)(H2,17,18,20)/t9-,11+/m1/s1. The molecule has 1 aliphatic rings. The first kappa shape index (κ1) is 14.1. The van der Waals surface area contributed by atoms with Gasteiger partial charge in [-0.15, -0.1) is 0 Å². The third-order valence-electron chi connectivity index (χ3n) is 4.20. The van der Waals surface area contributed by atoms with Crippen molar-refractivity contribution in [3.63, 3.8) is 0 Å². The molecule has 5 nitrogen and oxygen atoms in total. The number of nitrogens with one attached hydrogen (secondary N) is 4. The molecule has 1 saturated carbocycles. The highest BCUT2D eigenvalue weighted by Gasteiger charge is 2.21. The number of thiocarbonyl (C=S) groups is 1. The Morgan fingerprint density at radius 3 is 2.81 bits per heavy atom. The minimum Gasteiger partial charge on any atom is -0.359 e. The lowest BCUT2D eigenvalue weighted by molar-refractivity contribution is 0.309. The molecule has 0 amide bonds. The first-order valence-corrected chi connectivity index (χ1v) is 7.82. The van der Waals surface area contributed by atoms with E-state index in [1.165, 1.54) is 25.7 Å². The van der Waals surface area contributed by atoms with E-state index in [-0.39, 0.29) is 5.69 Å². The lowest BCUT2D eigenvalue weighted by Crippen LogP contribution is -2.43. The average Bonchev–Trinajstić information content (AvgIpc) is 2.80. The van der Waals surface area contributed by atoms with Crippen molar-refractivity contribution in [3.05, 3.63) is 28.7 Å². The molecule has 0 aliphatic heterocycles. The maximum Gasteiger partial charge on any atom is 0.323 e. The van der Waals surface area contributed by atoms with E-state index in [1.807, 2.05) is 18.2 Å². The molecule has 1 aromatic heterocycles. The molecule has 1 fully saturated rings. The van der Waals surface area contributed by atoms with E-state index in [2.05, 4.69) is 27.5 Å². The summed E-state index contributed by atoms with van der Waals surface area (Å²) in [7, 11) is 0. The molecule has 3 rings (SSSR count). The summed E-state index contributed by atoms with van der Waals surface area (Å²) in [5, 5.41) is 7.25. The van der Waals surface area contributed by atoms with Crippen LogP contribution in [0.1, 0.15) is 32.6 Å². The number of rotatable bonds is 2. The molecule has 0 spiro atoms. The molecule has 112 valence electrons. The Morgan fingerprint density at radius 1 is 1.24 bits per heavy atom. The number of hydrogen-bond acceptors (Lipinski definition) is 2. The van der Waals surface area contributed by atoms with Crippen molar-refractivity contribution in [2.75, 3.05) is 5.32 Å². The largest absolute Gasteiger partial charge is 0.359 e. The van der Waals surface area contributed by atoms with Crippen LogP contribution in [-0.4, -0.2) is 21.1 Å². The van der Waals surface area contributed by atoms with E-state index in [0.29, 0.717) is 17.1 Å². The molecule has 1 heterocycles. The van der Waals surface area contributed by atoms with E-state index >= 15 is 0 Å². The first-order valence-electron chi connectivity index (χ1n) is 7.41. The summed E-state index contributed by atoms with van der Waals surface area (Å²) >= 11 is 5.40. The van der Waals surface area contributed by atoms with Crippen molar-refractivity contribution in [1.29, 1.82) is 0 Å². The van der Waals surface area contributed by atoms with Gasteiger partial charge in [0.15, 0.2) is 5.11 Å². The van der Waals surface area contributed by atoms with Gasteiger partial charge in [-0.1, -0.05) is 19.8 Å². The van der Waals surface area contributed by atoms with Gasteiger partial charge in [0.2, 0.25) is 0 Å². The van der Waals surface area contributed by atoms with Gasteiger partial charge in [-0.3, -0.25) is 0 Å². The minimum atomic E-state index is -0.195. The number of H-pyrrole nitrogens is 2.